The van der Waals surface area contributed by atoms with E-state index in [1.807, 2.05) is 19.1 Å². The van der Waals surface area contributed by atoms with Crippen molar-refractivity contribution in [2.75, 3.05) is 33.4 Å². The van der Waals surface area contributed by atoms with Crippen LogP contribution >= 0.6 is 0 Å². The molecule has 1 heterocycles. The highest BCUT2D eigenvalue weighted by Crippen LogP contribution is 2.36. The van der Waals surface area contributed by atoms with Crippen molar-refractivity contribution in [3.8, 4) is 5.75 Å². The molecule has 1 saturated heterocycles. The third-order valence-electron chi connectivity index (χ3n) is 4.28. The average Bonchev–Trinajstić information content (AvgIpc) is 2.59. The number of rotatable bonds is 6. The van der Waals surface area contributed by atoms with E-state index in [0.717, 1.165) is 37.4 Å². The number of aliphatic imine (C=N–C) groups is 1. The van der Waals surface area contributed by atoms with Gasteiger partial charge in [-0.15, -0.1) is 0 Å². The standard InChI is InChI=1S/C18H27N3O2/c1-14(2)12-20-17(19)21-13-18(8-10-23-11-9-18)15-4-6-16(22-3)7-5-15/h4-7H,1,8-13H2,2-3H3,(H3,19,20,21). The third-order valence-corrected chi connectivity index (χ3v) is 4.28. The normalized spacial score (nSPS) is 17.6. The second-order valence-corrected chi connectivity index (χ2v) is 6.13. The van der Waals surface area contributed by atoms with Crippen LogP contribution in [0.4, 0.5) is 0 Å². The Balaban J connectivity index is 2.14. The van der Waals surface area contributed by atoms with Gasteiger partial charge < -0.3 is 20.5 Å². The zero-order chi connectivity index (χ0) is 16.7. The van der Waals surface area contributed by atoms with Gasteiger partial charge in [0, 0.05) is 25.2 Å². The first-order valence-electron chi connectivity index (χ1n) is 7.96. The molecule has 1 aromatic rings. The molecule has 2 rings (SSSR count). The Hall–Kier alpha value is -2.01. The lowest BCUT2D eigenvalue weighted by Crippen LogP contribution is -2.39. The average molecular weight is 317 g/mol. The van der Waals surface area contributed by atoms with Gasteiger partial charge in [-0.25, -0.2) is 0 Å². The Morgan fingerprint density at radius 2 is 2.00 bits per heavy atom. The molecule has 1 aliphatic heterocycles. The molecular weight excluding hydrogens is 290 g/mol. The lowest BCUT2D eigenvalue weighted by Gasteiger charge is -2.36. The molecule has 0 bridgehead atoms. The SMILES string of the molecule is C=C(C)CNC(N)=NCC1(c2ccc(OC)cc2)CCOCC1. The maximum atomic E-state index is 5.97. The topological polar surface area (TPSA) is 68.9 Å². The molecule has 3 N–H and O–H groups in total. The summed E-state index contributed by atoms with van der Waals surface area (Å²) in [5.41, 5.74) is 8.23. The van der Waals surface area contributed by atoms with Crippen molar-refractivity contribution in [2.45, 2.75) is 25.2 Å². The highest BCUT2D eigenvalue weighted by molar-refractivity contribution is 5.78. The van der Waals surface area contributed by atoms with E-state index in [1.165, 1.54) is 5.56 Å². The quantitative estimate of drug-likeness (QED) is 0.479. The molecule has 5 heteroatoms. The van der Waals surface area contributed by atoms with Gasteiger partial charge in [0.05, 0.1) is 13.7 Å². The molecule has 5 nitrogen and oxygen atoms in total. The summed E-state index contributed by atoms with van der Waals surface area (Å²) in [6.07, 6.45) is 1.88. The van der Waals surface area contributed by atoms with Gasteiger partial charge in [0.25, 0.3) is 0 Å². The Labute approximate surface area is 138 Å². The Bertz CT molecular complexity index is 546. The lowest BCUT2D eigenvalue weighted by molar-refractivity contribution is 0.0531. The molecule has 0 amide bonds. The van der Waals surface area contributed by atoms with Crippen molar-refractivity contribution in [1.82, 2.24) is 5.32 Å². The first kappa shape index (κ1) is 17.3. The summed E-state index contributed by atoms with van der Waals surface area (Å²) in [5, 5.41) is 3.09. The minimum absolute atomic E-state index is 0.0277. The number of guanidine groups is 1. The summed E-state index contributed by atoms with van der Waals surface area (Å²) in [6.45, 7) is 8.61. The highest BCUT2D eigenvalue weighted by atomic mass is 16.5. The first-order chi connectivity index (χ1) is 11.1. The third kappa shape index (κ3) is 4.73. The molecule has 1 aliphatic rings. The largest absolute Gasteiger partial charge is 0.497 e. The second kappa shape index (κ2) is 8.02. The lowest BCUT2D eigenvalue weighted by atomic mass is 9.74. The van der Waals surface area contributed by atoms with Gasteiger partial charge in [-0.2, -0.15) is 0 Å². The summed E-state index contributed by atoms with van der Waals surface area (Å²) >= 11 is 0. The maximum absolute atomic E-state index is 5.97. The number of nitrogens with two attached hydrogens (primary N) is 1. The van der Waals surface area contributed by atoms with Crippen LogP contribution in [0.15, 0.2) is 41.4 Å². The van der Waals surface area contributed by atoms with Gasteiger partial charge in [0.2, 0.25) is 0 Å². The molecule has 0 radical (unpaired) electrons. The van der Waals surface area contributed by atoms with Crippen molar-refractivity contribution in [1.29, 1.82) is 0 Å². The van der Waals surface area contributed by atoms with E-state index in [2.05, 4.69) is 29.0 Å². The summed E-state index contributed by atoms with van der Waals surface area (Å²) < 4.78 is 10.8. The smallest absolute Gasteiger partial charge is 0.188 e. The van der Waals surface area contributed by atoms with Crippen molar-refractivity contribution >= 4 is 5.96 Å². The van der Waals surface area contributed by atoms with Crippen molar-refractivity contribution in [3.05, 3.63) is 42.0 Å². The molecule has 0 aliphatic carbocycles. The predicted octanol–water partition coefficient (Wildman–Crippen LogP) is 2.22. The van der Waals surface area contributed by atoms with E-state index >= 15 is 0 Å². The van der Waals surface area contributed by atoms with Crippen LogP contribution in [0.5, 0.6) is 5.75 Å². The fraction of sp³-hybridized carbons (Fsp3) is 0.500. The highest BCUT2D eigenvalue weighted by Gasteiger charge is 2.34. The van der Waals surface area contributed by atoms with E-state index in [9.17, 15) is 0 Å². The first-order valence-corrected chi connectivity index (χ1v) is 7.96. The van der Waals surface area contributed by atoms with E-state index in [-0.39, 0.29) is 5.41 Å². The van der Waals surface area contributed by atoms with Gasteiger partial charge >= 0.3 is 0 Å². The number of nitrogens with one attached hydrogen (secondary N) is 1. The molecule has 126 valence electrons. The molecular formula is C18H27N3O2. The molecule has 1 aromatic carbocycles. The maximum Gasteiger partial charge on any atom is 0.188 e. The monoisotopic (exact) mass is 317 g/mol. The number of ether oxygens (including phenoxy) is 2. The van der Waals surface area contributed by atoms with Crippen molar-refractivity contribution in [2.24, 2.45) is 10.7 Å². The minimum atomic E-state index is -0.0277. The van der Waals surface area contributed by atoms with Crippen LogP contribution in [0.3, 0.4) is 0 Å². The van der Waals surface area contributed by atoms with Crippen LogP contribution < -0.4 is 15.8 Å². The van der Waals surface area contributed by atoms with Crippen LogP contribution in [-0.4, -0.2) is 39.4 Å². The molecule has 0 aromatic heterocycles. The van der Waals surface area contributed by atoms with E-state index in [0.29, 0.717) is 19.0 Å². The van der Waals surface area contributed by atoms with Gasteiger partial charge in [-0.1, -0.05) is 24.3 Å². The molecule has 23 heavy (non-hydrogen) atoms. The zero-order valence-electron chi connectivity index (χ0n) is 14.1. The van der Waals surface area contributed by atoms with Gasteiger partial charge in [-0.3, -0.25) is 4.99 Å². The van der Waals surface area contributed by atoms with Crippen molar-refractivity contribution in [3.63, 3.8) is 0 Å². The Morgan fingerprint density at radius 1 is 1.35 bits per heavy atom. The van der Waals surface area contributed by atoms with E-state index in [4.69, 9.17) is 15.2 Å². The fourth-order valence-corrected chi connectivity index (χ4v) is 2.78. The zero-order valence-corrected chi connectivity index (χ0v) is 14.1. The molecule has 0 saturated carbocycles. The predicted molar refractivity (Wildman–Crippen MR) is 94.0 cm³/mol. The van der Waals surface area contributed by atoms with Crippen molar-refractivity contribution < 1.29 is 9.47 Å². The molecule has 1 fully saturated rings. The van der Waals surface area contributed by atoms with Crippen LogP contribution in [0.25, 0.3) is 0 Å². The van der Waals surface area contributed by atoms with Crippen LogP contribution in [0, 0.1) is 0 Å². The summed E-state index contributed by atoms with van der Waals surface area (Å²) in [4.78, 5) is 4.57. The van der Waals surface area contributed by atoms with Gasteiger partial charge in [0.1, 0.15) is 5.75 Å². The summed E-state index contributed by atoms with van der Waals surface area (Å²) in [7, 11) is 1.68. The Kier molecular flexibility index (Phi) is 6.04. The Morgan fingerprint density at radius 3 is 2.57 bits per heavy atom. The fourth-order valence-electron chi connectivity index (χ4n) is 2.78. The van der Waals surface area contributed by atoms with Crippen LogP contribution in [0.2, 0.25) is 0 Å². The van der Waals surface area contributed by atoms with Gasteiger partial charge in [-0.05, 0) is 37.5 Å². The van der Waals surface area contributed by atoms with Crippen LogP contribution in [0.1, 0.15) is 25.3 Å². The summed E-state index contributed by atoms with van der Waals surface area (Å²) in [6, 6.07) is 8.24. The molecule has 0 atom stereocenters. The van der Waals surface area contributed by atoms with Crippen LogP contribution in [-0.2, 0) is 10.2 Å². The molecule has 0 spiro atoms. The number of hydrogen-bond acceptors (Lipinski definition) is 3. The number of hydrogen-bond donors (Lipinski definition) is 2. The minimum Gasteiger partial charge on any atom is -0.497 e. The van der Waals surface area contributed by atoms with Gasteiger partial charge in [0.15, 0.2) is 5.96 Å². The number of methoxy groups -OCH3 is 1. The number of benzene rings is 1. The van der Waals surface area contributed by atoms with E-state index in [1.54, 1.807) is 7.11 Å². The number of nitrogens with zero attached hydrogens (tertiary/aromatic N) is 1. The second-order valence-electron chi connectivity index (χ2n) is 6.13. The summed E-state index contributed by atoms with van der Waals surface area (Å²) in [5.74, 6) is 1.33. The molecule has 0 unspecified atom stereocenters. The van der Waals surface area contributed by atoms with E-state index < -0.39 is 0 Å².